The number of hydrogen-bond donors (Lipinski definition) is 1. The first-order valence-electron chi connectivity index (χ1n) is 4.21. The van der Waals surface area contributed by atoms with Crippen LogP contribution in [-0.2, 0) is 9.53 Å². The Kier molecular flexibility index (Phi) is 2.64. The van der Waals surface area contributed by atoms with Gasteiger partial charge >= 0.3 is 5.97 Å². The number of carbonyl (C=O) groups is 1. The topological polar surface area (TPSA) is 52.3 Å². The largest absolute Gasteiger partial charge is 0.468 e. The number of nitrogens with two attached hydrogens (primary N) is 1. The van der Waals surface area contributed by atoms with E-state index in [0.29, 0.717) is 0 Å². The summed E-state index contributed by atoms with van der Waals surface area (Å²) in [6.45, 7) is 3.47. The molecule has 0 spiro atoms. The minimum absolute atomic E-state index is 0.147. The van der Waals surface area contributed by atoms with E-state index in [0.717, 1.165) is 7.11 Å². The van der Waals surface area contributed by atoms with Gasteiger partial charge in [-0.1, -0.05) is 13.8 Å². The van der Waals surface area contributed by atoms with Crippen LogP contribution in [0.2, 0.25) is 0 Å². The molecule has 0 saturated carbocycles. The first kappa shape index (κ1) is 6.16. The monoisotopic (exact) mass is 147 g/mol. The molecule has 10 heavy (non-hydrogen) atoms. The molecular weight excluding hydrogens is 130 g/mol. The summed E-state index contributed by atoms with van der Waals surface area (Å²) in [5.41, 5.74) is 5.32. The number of hydrogen-bond acceptors (Lipinski definition) is 3. The van der Waals surface area contributed by atoms with Gasteiger partial charge in [-0.15, -0.1) is 0 Å². The molecule has 2 atom stereocenters. The highest BCUT2D eigenvalue weighted by Crippen LogP contribution is 2.02. The van der Waals surface area contributed by atoms with Crippen LogP contribution in [-0.4, -0.2) is 19.1 Å². The quantitative estimate of drug-likeness (QED) is 0.592. The van der Waals surface area contributed by atoms with Crippen molar-refractivity contribution in [3.63, 3.8) is 0 Å². The summed E-state index contributed by atoms with van der Waals surface area (Å²) in [7, 11) is 1.16. The molecule has 0 aliphatic carbocycles. The minimum atomic E-state index is -1.96. The van der Waals surface area contributed by atoms with Gasteiger partial charge in [-0.3, -0.25) is 4.79 Å². The van der Waals surface area contributed by atoms with E-state index in [9.17, 15) is 4.79 Å². The molecule has 0 aliphatic rings. The molecule has 2 N–H and O–H groups in total. The predicted molar refractivity (Wildman–Crippen MR) is 39.4 cm³/mol. The molecule has 0 heterocycles. The van der Waals surface area contributed by atoms with Crippen LogP contribution >= 0.6 is 0 Å². The maximum Gasteiger partial charge on any atom is 0.322 e. The zero-order chi connectivity index (χ0) is 9.94. The second-order valence-electron chi connectivity index (χ2n) is 2.36. The van der Waals surface area contributed by atoms with Gasteiger partial charge in [0.25, 0.3) is 0 Å². The third kappa shape index (κ3) is 3.45. The summed E-state index contributed by atoms with van der Waals surface area (Å²) in [5, 5.41) is 0. The SMILES string of the molecule is [2H][C@H](C(C)C)[C@]([2H])(N)C(=O)OC. The zero-order valence-corrected chi connectivity index (χ0v) is 6.55. The summed E-state index contributed by atoms with van der Waals surface area (Å²) in [5.74, 6) is -1.01. The zero-order valence-electron chi connectivity index (χ0n) is 8.55. The fraction of sp³-hybridized carbons (Fsp3) is 0.857. The smallest absolute Gasteiger partial charge is 0.322 e. The number of rotatable bonds is 3. The average molecular weight is 147 g/mol. The molecule has 0 radical (unpaired) electrons. The van der Waals surface area contributed by atoms with Crippen molar-refractivity contribution in [1.29, 1.82) is 0 Å². The Morgan fingerprint density at radius 1 is 1.90 bits per heavy atom. The van der Waals surface area contributed by atoms with Gasteiger partial charge in [0, 0.05) is 1.37 Å². The molecule has 0 amide bonds. The molecule has 3 heteroatoms. The molecule has 0 aromatic rings. The van der Waals surface area contributed by atoms with E-state index in [1.807, 2.05) is 0 Å². The number of carbonyl (C=O) groups excluding carboxylic acids is 1. The summed E-state index contributed by atoms with van der Waals surface area (Å²) < 4.78 is 19.1. The Morgan fingerprint density at radius 3 is 2.70 bits per heavy atom. The standard InChI is InChI=1S/C7H15NO2/c1-5(2)4-6(8)7(9)10-3/h5-6H,4,8H2,1-3H3/t6-/m0/s1/i4D,6D/t4-,6+/m1. The second kappa shape index (κ2) is 4.28. The van der Waals surface area contributed by atoms with Crippen LogP contribution in [0.1, 0.15) is 23.0 Å². The Balaban J connectivity index is 4.48. The predicted octanol–water partition coefficient (Wildman–Crippen LogP) is 0.533. The van der Waals surface area contributed by atoms with Crippen LogP contribution in [0.15, 0.2) is 0 Å². The second-order valence-corrected chi connectivity index (χ2v) is 2.36. The van der Waals surface area contributed by atoms with Gasteiger partial charge in [-0.05, 0) is 12.3 Å². The van der Waals surface area contributed by atoms with Crippen molar-refractivity contribution in [2.24, 2.45) is 11.7 Å². The molecule has 3 nitrogen and oxygen atoms in total. The van der Waals surface area contributed by atoms with E-state index in [1.54, 1.807) is 13.8 Å². The van der Waals surface area contributed by atoms with Crippen LogP contribution in [0.5, 0.6) is 0 Å². The van der Waals surface area contributed by atoms with Gasteiger partial charge in [0.15, 0.2) is 0 Å². The fourth-order valence-corrected chi connectivity index (χ4v) is 0.545. The molecule has 0 fully saturated rings. The number of methoxy groups -OCH3 is 1. The Morgan fingerprint density at radius 2 is 2.40 bits per heavy atom. The summed E-state index contributed by atoms with van der Waals surface area (Å²) in [4.78, 5) is 10.9. The molecule has 0 aliphatic heterocycles. The Bertz CT molecular complexity index is 171. The summed E-state index contributed by atoms with van der Waals surface area (Å²) in [6, 6.07) is -1.96. The highest BCUT2D eigenvalue weighted by atomic mass is 16.5. The van der Waals surface area contributed by atoms with Crippen molar-refractivity contribution in [2.75, 3.05) is 7.11 Å². The highest BCUT2D eigenvalue weighted by Gasteiger charge is 2.14. The first-order chi connectivity index (χ1) is 5.34. The van der Waals surface area contributed by atoms with Gasteiger partial charge in [0.2, 0.25) is 0 Å². The normalized spacial score (nSPS) is 22.5. The van der Waals surface area contributed by atoms with Crippen LogP contribution in [0.3, 0.4) is 0 Å². The fourth-order valence-electron chi connectivity index (χ4n) is 0.545. The highest BCUT2D eigenvalue weighted by molar-refractivity contribution is 5.75. The lowest BCUT2D eigenvalue weighted by Crippen LogP contribution is -2.32. The third-order valence-corrected chi connectivity index (χ3v) is 0.934. The van der Waals surface area contributed by atoms with E-state index < -0.39 is 18.4 Å². The molecule has 0 saturated heterocycles. The lowest BCUT2D eigenvalue weighted by molar-refractivity contribution is -0.142. The molecule has 0 aromatic heterocycles. The van der Waals surface area contributed by atoms with Crippen molar-refractivity contribution >= 4 is 5.97 Å². The van der Waals surface area contributed by atoms with E-state index in [1.165, 1.54) is 0 Å². The van der Waals surface area contributed by atoms with E-state index in [2.05, 4.69) is 4.74 Å². The van der Waals surface area contributed by atoms with Crippen LogP contribution in [0.25, 0.3) is 0 Å². The van der Waals surface area contributed by atoms with Crippen molar-refractivity contribution in [3.05, 3.63) is 0 Å². The van der Waals surface area contributed by atoms with Gasteiger partial charge < -0.3 is 10.5 Å². The van der Waals surface area contributed by atoms with Crippen LogP contribution in [0, 0.1) is 5.92 Å². The molecular formula is C7H15NO2. The van der Waals surface area contributed by atoms with Crippen molar-refractivity contribution in [3.8, 4) is 0 Å². The van der Waals surface area contributed by atoms with Gasteiger partial charge in [-0.25, -0.2) is 0 Å². The third-order valence-electron chi connectivity index (χ3n) is 0.934. The van der Waals surface area contributed by atoms with Gasteiger partial charge in [0.1, 0.15) is 6.02 Å². The first-order valence-corrected chi connectivity index (χ1v) is 3.13. The van der Waals surface area contributed by atoms with Gasteiger partial charge in [-0.2, -0.15) is 0 Å². The van der Waals surface area contributed by atoms with E-state index >= 15 is 0 Å². The molecule has 0 unspecified atom stereocenters. The number of ether oxygens (including phenoxy) is 1. The molecule has 60 valence electrons. The molecule has 0 bridgehead atoms. The Labute approximate surface area is 64.4 Å². The van der Waals surface area contributed by atoms with E-state index in [4.69, 9.17) is 8.48 Å². The lowest BCUT2D eigenvalue weighted by atomic mass is 10.1. The average Bonchev–Trinajstić information content (AvgIpc) is 2.01. The summed E-state index contributed by atoms with van der Waals surface area (Å²) >= 11 is 0. The lowest BCUT2D eigenvalue weighted by Gasteiger charge is -2.10. The molecule has 0 rings (SSSR count). The number of esters is 1. The van der Waals surface area contributed by atoms with Crippen LogP contribution in [0.4, 0.5) is 0 Å². The van der Waals surface area contributed by atoms with Crippen molar-refractivity contribution in [1.82, 2.24) is 0 Å². The van der Waals surface area contributed by atoms with Crippen LogP contribution < -0.4 is 5.73 Å². The maximum absolute atomic E-state index is 10.9. The van der Waals surface area contributed by atoms with Crippen molar-refractivity contribution in [2.45, 2.75) is 26.3 Å². The summed E-state index contributed by atoms with van der Waals surface area (Å²) in [6.07, 6.45) is -0.968. The Hall–Kier alpha value is -0.570. The van der Waals surface area contributed by atoms with E-state index in [-0.39, 0.29) is 5.92 Å². The maximum atomic E-state index is 10.9. The van der Waals surface area contributed by atoms with Crippen molar-refractivity contribution < 1.29 is 12.3 Å². The minimum Gasteiger partial charge on any atom is -0.468 e. The molecule has 0 aromatic carbocycles. The van der Waals surface area contributed by atoms with Gasteiger partial charge in [0.05, 0.1) is 8.48 Å².